The monoisotopic (exact) mass is 160 g/mol. The molecule has 3 heteroatoms. The largest absolute Gasteiger partial charge is 0.581 e. The third-order valence-corrected chi connectivity index (χ3v) is 0.144. The molecule has 0 saturated heterocycles. The van der Waals surface area contributed by atoms with Gasteiger partial charge in [-0.1, -0.05) is 0 Å². The molecule has 0 bridgehead atoms. The first kappa shape index (κ1) is 15.7. The van der Waals surface area contributed by atoms with Crippen LogP contribution in [0.4, 0.5) is 0 Å². The summed E-state index contributed by atoms with van der Waals surface area (Å²) in [6.07, 6.45) is 0. The smallest absolute Gasteiger partial charge is 0 e. The Balaban J connectivity index is -0.0000000450. The van der Waals surface area contributed by atoms with Gasteiger partial charge in [0.05, 0.1) is 0 Å². The van der Waals surface area contributed by atoms with Gasteiger partial charge in [-0.15, -0.1) is 6.61 Å². The molecule has 0 aliphatic carbocycles. The summed E-state index contributed by atoms with van der Waals surface area (Å²) in [6.45, 7) is 3.78. The first-order chi connectivity index (χ1) is 1.91. The Kier molecular flexibility index (Phi) is 43.1. The SMILES string of the molecule is [CH2-]CO[CH2-].[V].[V]. The molecule has 0 aromatic heterocycles. The summed E-state index contributed by atoms with van der Waals surface area (Å²) in [7, 11) is 3.04. The van der Waals surface area contributed by atoms with Crippen molar-refractivity contribution >= 4 is 0 Å². The summed E-state index contributed by atoms with van der Waals surface area (Å²) in [5.41, 5.74) is 0. The van der Waals surface area contributed by atoms with E-state index in [1.807, 2.05) is 0 Å². The normalized spacial score (nSPS) is 5.00. The Morgan fingerprint density at radius 3 is 1.50 bits per heavy atom. The molecule has 0 atom stereocenters. The standard InChI is InChI=1S/C3H6O.2V/c1-3-4-2;;/h1-3H2;;/q-2;;. The molecule has 0 spiro atoms. The van der Waals surface area contributed by atoms with Crippen LogP contribution in [0.2, 0.25) is 0 Å². The fraction of sp³-hybridized carbons (Fsp3) is 0.333. The average molecular weight is 160 g/mol. The van der Waals surface area contributed by atoms with E-state index in [2.05, 4.69) is 18.8 Å². The number of hydrogen-bond donors (Lipinski definition) is 0. The predicted molar refractivity (Wildman–Crippen MR) is 16.7 cm³/mol. The quantitative estimate of drug-likeness (QED) is 0.511. The summed E-state index contributed by atoms with van der Waals surface area (Å²) >= 11 is 0. The van der Waals surface area contributed by atoms with Crippen LogP contribution in [0.3, 0.4) is 0 Å². The molecule has 0 heterocycles. The molecule has 0 aromatic rings. The number of ether oxygens (including phenoxy) is 1. The maximum absolute atomic E-state index is 4.18. The van der Waals surface area contributed by atoms with Crippen LogP contribution in [0, 0.1) is 14.0 Å². The molecule has 0 amide bonds. The van der Waals surface area contributed by atoms with Crippen LogP contribution >= 0.6 is 0 Å². The van der Waals surface area contributed by atoms with Gasteiger partial charge >= 0.3 is 0 Å². The second-order valence-corrected chi connectivity index (χ2v) is 0.408. The minimum Gasteiger partial charge on any atom is -0.581 e. The van der Waals surface area contributed by atoms with Crippen molar-refractivity contribution in [1.29, 1.82) is 0 Å². The maximum atomic E-state index is 4.18. The Bertz CT molecular complexity index is 10.8. The molecule has 36 valence electrons. The van der Waals surface area contributed by atoms with Gasteiger partial charge in [-0.25, -0.2) is 7.11 Å². The van der Waals surface area contributed by atoms with Gasteiger partial charge < -0.3 is 11.7 Å². The van der Waals surface area contributed by atoms with Crippen molar-refractivity contribution in [3.63, 3.8) is 0 Å². The molecule has 0 N–H and O–H groups in total. The van der Waals surface area contributed by atoms with Gasteiger partial charge in [-0.3, -0.25) is 0 Å². The van der Waals surface area contributed by atoms with Crippen molar-refractivity contribution in [3.8, 4) is 0 Å². The zero-order valence-corrected chi connectivity index (χ0v) is 6.22. The molecular weight excluding hydrogens is 154 g/mol. The van der Waals surface area contributed by atoms with Crippen LogP contribution in [-0.2, 0) is 41.8 Å². The first-order valence-electron chi connectivity index (χ1n) is 1.08. The molecule has 0 aromatic carbocycles. The molecule has 0 fully saturated rings. The van der Waals surface area contributed by atoms with E-state index in [-0.39, 0.29) is 37.1 Å². The van der Waals surface area contributed by atoms with Crippen molar-refractivity contribution in [3.05, 3.63) is 14.0 Å². The van der Waals surface area contributed by atoms with E-state index in [0.717, 1.165) is 0 Å². The summed E-state index contributed by atoms with van der Waals surface area (Å²) in [5, 5.41) is 0. The molecular formula is C3H6OV2-2. The van der Waals surface area contributed by atoms with Crippen LogP contribution in [0.25, 0.3) is 0 Å². The molecule has 0 aliphatic rings. The van der Waals surface area contributed by atoms with Gasteiger partial charge in [0, 0.05) is 37.1 Å². The van der Waals surface area contributed by atoms with Gasteiger partial charge in [0.25, 0.3) is 0 Å². The van der Waals surface area contributed by atoms with Crippen molar-refractivity contribution in [1.82, 2.24) is 0 Å². The van der Waals surface area contributed by atoms with Crippen LogP contribution in [0.5, 0.6) is 0 Å². The fourth-order valence-corrected chi connectivity index (χ4v) is 0. The van der Waals surface area contributed by atoms with E-state index in [4.69, 9.17) is 0 Å². The predicted octanol–water partition coefficient (Wildman–Crippen LogP) is 0.624. The zero-order chi connectivity index (χ0) is 3.41. The van der Waals surface area contributed by atoms with Gasteiger partial charge in [-0.2, -0.15) is 0 Å². The third-order valence-electron chi connectivity index (χ3n) is 0.144. The van der Waals surface area contributed by atoms with Gasteiger partial charge in [-0.05, 0) is 0 Å². The molecule has 0 saturated carbocycles. The number of rotatable bonds is 1. The van der Waals surface area contributed by atoms with Crippen molar-refractivity contribution < 1.29 is 41.8 Å². The molecule has 0 aliphatic heterocycles. The average Bonchev–Trinajstić information content (AvgIpc) is 1.37. The molecule has 2 radical (unpaired) electrons. The Hall–Kier alpha value is 1.13. The number of hydrogen-bond acceptors (Lipinski definition) is 1. The Morgan fingerprint density at radius 2 is 1.50 bits per heavy atom. The second-order valence-electron chi connectivity index (χ2n) is 0.408. The molecule has 6 heavy (non-hydrogen) atoms. The summed E-state index contributed by atoms with van der Waals surface area (Å²) < 4.78 is 4.18. The second kappa shape index (κ2) is 16.5. The minimum atomic E-state index is 0. The van der Waals surface area contributed by atoms with Gasteiger partial charge in [0.15, 0.2) is 0 Å². The zero-order valence-electron chi connectivity index (χ0n) is 3.42. The van der Waals surface area contributed by atoms with Crippen molar-refractivity contribution in [2.24, 2.45) is 0 Å². The molecule has 0 rings (SSSR count). The fourth-order valence-electron chi connectivity index (χ4n) is 0. The van der Waals surface area contributed by atoms with Crippen LogP contribution in [0.15, 0.2) is 0 Å². The van der Waals surface area contributed by atoms with E-state index in [1.54, 1.807) is 0 Å². The summed E-state index contributed by atoms with van der Waals surface area (Å²) in [4.78, 5) is 0. The van der Waals surface area contributed by atoms with Crippen LogP contribution < -0.4 is 0 Å². The van der Waals surface area contributed by atoms with E-state index in [1.165, 1.54) is 0 Å². The van der Waals surface area contributed by atoms with E-state index in [9.17, 15) is 0 Å². The van der Waals surface area contributed by atoms with E-state index in [0.29, 0.717) is 6.61 Å². The van der Waals surface area contributed by atoms with Gasteiger partial charge in [0.2, 0.25) is 0 Å². The van der Waals surface area contributed by atoms with Crippen LogP contribution in [0.1, 0.15) is 0 Å². The summed E-state index contributed by atoms with van der Waals surface area (Å²) in [6, 6.07) is 0. The summed E-state index contributed by atoms with van der Waals surface area (Å²) in [5.74, 6) is 0. The molecule has 0 unspecified atom stereocenters. The molecule has 1 nitrogen and oxygen atoms in total. The van der Waals surface area contributed by atoms with Crippen LogP contribution in [-0.4, -0.2) is 6.61 Å². The maximum Gasteiger partial charge on any atom is 0 e. The Labute approximate surface area is 62.6 Å². The van der Waals surface area contributed by atoms with Crippen molar-refractivity contribution in [2.45, 2.75) is 0 Å². The third kappa shape index (κ3) is 19.3. The minimum absolute atomic E-state index is 0. The van der Waals surface area contributed by atoms with E-state index >= 15 is 0 Å². The Morgan fingerprint density at radius 1 is 1.33 bits per heavy atom. The van der Waals surface area contributed by atoms with E-state index < -0.39 is 0 Å². The first-order valence-corrected chi connectivity index (χ1v) is 1.08. The van der Waals surface area contributed by atoms with Crippen molar-refractivity contribution in [2.75, 3.05) is 6.61 Å². The van der Waals surface area contributed by atoms with Gasteiger partial charge in [0.1, 0.15) is 0 Å². The topological polar surface area (TPSA) is 9.23 Å².